The minimum absolute atomic E-state index is 0.223. The van der Waals surface area contributed by atoms with E-state index in [1.807, 2.05) is 19.1 Å². The molecule has 0 radical (unpaired) electrons. The Morgan fingerprint density at radius 3 is 2.41 bits per heavy atom. The summed E-state index contributed by atoms with van der Waals surface area (Å²) in [5.41, 5.74) is 4.43. The topological polar surface area (TPSA) is 106 Å². The van der Waals surface area contributed by atoms with Crippen molar-refractivity contribution in [2.24, 2.45) is 5.10 Å². The average molecular weight is 480 g/mol. The zero-order valence-electron chi connectivity index (χ0n) is 18.5. The Balaban J connectivity index is 1.64. The molecule has 34 heavy (non-hydrogen) atoms. The molecule has 3 aromatic carbocycles. The molecular formula is C25H22ClN3O5. The van der Waals surface area contributed by atoms with E-state index in [4.69, 9.17) is 21.1 Å². The molecule has 0 spiro atoms. The van der Waals surface area contributed by atoms with E-state index in [9.17, 15) is 14.4 Å². The molecule has 0 saturated heterocycles. The fourth-order valence-corrected chi connectivity index (χ4v) is 2.94. The Morgan fingerprint density at radius 1 is 0.971 bits per heavy atom. The van der Waals surface area contributed by atoms with E-state index < -0.39 is 17.8 Å². The van der Waals surface area contributed by atoms with Crippen LogP contribution in [-0.2, 0) is 9.59 Å². The zero-order chi connectivity index (χ0) is 24.5. The maximum absolute atomic E-state index is 12.4. The van der Waals surface area contributed by atoms with Gasteiger partial charge in [0.1, 0.15) is 0 Å². The number of halogens is 1. The molecule has 2 N–H and O–H groups in total. The van der Waals surface area contributed by atoms with Crippen LogP contribution in [0.2, 0.25) is 5.02 Å². The lowest BCUT2D eigenvalue weighted by Crippen LogP contribution is -2.32. The van der Waals surface area contributed by atoms with E-state index in [1.54, 1.807) is 61.5 Å². The summed E-state index contributed by atoms with van der Waals surface area (Å²) < 4.78 is 11.0. The van der Waals surface area contributed by atoms with Gasteiger partial charge in [-0.2, -0.15) is 5.10 Å². The zero-order valence-corrected chi connectivity index (χ0v) is 19.3. The van der Waals surface area contributed by atoms with Gasteiger partial charge in [-0.05, 0) is 73.5 Å². The minimum Gasteiger partial charge on any atom is -0.490 e. The highest BCUT2D eigenvalue weighted by Crippen LogP contribution is 2.29. The number of hydrazone groups is 1. The minimum atomic E-state index is -0.918. The van der Waals surface area contributed by atoms with Crippen LogP contribution in [0, 0.1) is 6.92 Å². The molecule has 2 amide bonds. The number of anilines is 1. The SMILES string of the molecule is CCOc1cc(/C=N/NC(=O)C(=O)Nc2ccccc2C)ccc1OC(=O)c1ccc(Cl)cc1. The van der Waals surface area contributed by atoms with Gasteiger partial charge in [-0.15, -0.1) is 0 Å². The first-order valence-electron chi connectivity index (χ1n) is 10.3. The molecule has 0 unspecified atom stereocenters. The predicted octanol–water partition coefficient (Wildman–Crippen LogP) is 4.36. The van der Waals surface area contributed by atoms with Crippen LogP contribution in [0.3, 0.4) is 0 Å². The monoisotopic (exact) mass is 479 g/mol. The van der Waals surface area contributed by atoms with Crippen molar-refractivity contribution in [1.82, 2.24) is 5.43 Å². The number of aryl methyl sites for hydroxylation is 1. The lowest BCUT2D eigenvalue weighted by atomic mass is 10.2. The fraction of sp³-hybridized carbons (Fsp3) is 0.120. The van der Waals surface area contributed by atoms with Gasteiger partial charge in [-0.1, -0.05) is 29.8 Å². The van der Waals surface area contributed by atoms with E-state index in [0.717, 1.165) is 5.56 Å². The molecular weight excluding hydrogens is 458 g/mol. The third kappa shape index (κ3) is 6.66. The van der Waals surface area contributed by atoms with Crippen molar-refractivity contribution in [1.29, 1.82) is 0 Å². The smallest absolute Gasteiger partial charge is 0.343 e. The number of benzene rings is 3. The Hall–Kier alpha value is -4.17. The van der Waals surface area contributed by atoms with Gasteiger partial charge < -0.3 is 14.8 Å². The first-order chi connectivity index (χ1) is 16.4. The summed E-state index contributed by atoms with van der Waals surface area (Å²) in [4.78, 5) is 36.5. The van der Waals surface area contributed by atoms with Crippen molar-refractivity contribution in [3.63, 3.8) is 0 Å². The van der Waals surface area contributed by atoms with E-state index in [1.165, 1.54) is 6.21 Å². The quantitative estimate of drug-likeness (QED) is 0.172. The summed E-state index contributed by atoms with van der Waals surface area (Å²) in [5, 5.41) is 6.85. The molecule has 0 bridgehead atoms. The van der Waals surface area contributed by atoms with Crippen LogP contribution in [0.15, 0.2) is 71.8 Å². The van der Waals surface area contributed by atoms with E-state index in [2.05, 4.69) is 15.8 Å². The molecule has 0 saturated carbocycles. The lowest BCUT2D eigenvalue weighted by Gasteiger charge is -2.11. The second-order valence-corrected chi connectivity index (χ2v) is 7.44. The van der Waals surface area contributed by atoms with Crippen molar-refractivity contribution < 1.29 is 23.9 Å². The number of para-hydroxylation sites is 1. The van der Waals surface area contributed by atoms with Crippen LogP contribution in [-0.4, -0.2) is 30.6 Å². The largest absolute Gasteiger partial charge is 0.490 e. The van der Waals surface area contributed by atoms with E-state index >= 15 is 0 Å². The Labute approximate surface area is 201 Å². The van der Waals surface area contributed by atoms with Crippen molar-refractivity contribution in [3.05, 3.63) is 88.4 Å². The van der Waals surface area contributed by atoms with Crippen LogP contribution >= 0.6 is 11.6 Å². The molecule has 9 heteroatoms. The molecule has 0 aromatic heterocycles. The molecule has 174 valence electrons. The summed E-state index contributed by atoms with van der Waals surface area (Å²) in [6.07, 6.45) is 1.34. The number of nitrogens with one attached hydrogen (secondary N) is 2. The molecule has 3 rings (SSSR count). The van der Waals surface area contributed by atoms with Crippen LogP contribution in [0.25, 0.3) is 0 Å². The molecule has 0 heterocycles. The number of ether oxygens (including phenoxy) is 2. The number of rotatable bonds is 7. The summed E-state index contributed by atoms with van der Waals surface area (Å²) in [6.45, 7) is 3.94. The third-order valence-electron chi connectivity index (χ3n) is 4.53. The molecule has 3 aromatic rings. The average Bonchev–Trinajstić information content (AvgIpc) is 2.82. The summed E-state index contributed by atoms with van der Waals surface area (Å²) in [7, 11) is 0. The highest BCUT2D eigenvalue weighted by Gasteiger charge is 2.15. The molecule has 0 aliphatic carbocycles. The molecule has 0 fully saturated rings. The molecule has 8 nitrogen and oxygen atoms in total. The fourth-order valence-electron chi connectivity index (χ4n) is 2.81. The molecule has 0 aliphatic heterocycles. The van der Waals surface area contributed by atoms with Crippen molar-refractivity contribution in [3.8, 4) is 11.5 Å². The van der Waals surface area contributed by atoms with Gasteiger partial charge in [-0.3, -0.25) is 9.59 Å². The maximum atomic E-state index is 12.4. The normalized spacial score (nSPS) is 10.6. The van der Waals surface area contributed by atoms with E-state index in [-0.39, 0.29) is 5.75 Å². The van der Waals surface area contributed by atoms with Gasteiger partial charge in [0.15, 0.2) is 11.5 Å². The standard InChI is InChI=1S/C25H22ClN3O5/c1-3-33-22-14-17(8-13-21(22)34-25(32)18-9-11-19(26)12-10-18)15-27-29-24(31)23(30)28-20-7-5-4-6-16(20)2/h4-15H,3H2,1-2H3,(H,28,30)(H,29,31)/b27-15+. The van der Waals surface area contributed by atoms with E-state index in [0.29, 0.717) is 34.2 Å². The number of amides is 2. The summed E-state index contributed by atoms with van der Waals surface area (Å²) >= 11 is 5.85. The van der Waals surface area contributed by atoms with Crippen LogP contribution < -0.4 is 20.2 Å². The predicted molar refractivity (Wildman–Crippen MR) is 130 cm³/mol. The Morgan fingerprint density at radius 2 is 1.71 bits per heavy atom. The second kappa shape index (κ2) is 11.6. The van der Waals surface area contributed by atoms with Gasteiger partial charge in [-0.25, -0.2) is 10.2 Å². The van der Waals surface area contributed by atoms with Crippen molar-refractivity contribution in [2.75, 3.05) is 11.9 Å². The number of hydrogen-bond acceptors (Lipinski definition) is 6. The molecule has 0 atom stereocenters. The van der Waals surface area contributed by atoms with Gasteiger partial charge in [0, 0.05) is 10.7 Å². The molecule has 0 aliphatic rings. The number of carbonyl (C=O) groups excluding carboxylic acids is 3. The van der Waals surface area contributed by atoms with Crippen LogP contribution in [0.5, 0.6) is 11.5 Å². The van der Waals surface area contributed by atoms with Crippen molar-refractivity contribution in [2.45, 2.75) is 13.8 Å². The van der Waals surface area contributed by atoms with Gasteiger partial charge in [0.25, 0.3) is 0 Å². The number of carbonyl (C=O) groups is 3. The van der Waals surface area contributed by atoms with Gasteiger partial charge in [0.2, 0.25) is 0 Å². The first-order valence-corrected chi connectivity index (χ1v) is 10.7. The Bertz CT molecular complexity index is 1230. The third-order valence-corrected chi connectivity index (χ3v) is 4.78. The van der Waals surface area contributed by atoms with Gasteiger partial charge >= 0.3 is 17.8 Å². The van der Waals surface area contributed by atoms with Gasteiger partial charge in [0.05, 0.1) is 18.4 Å². The number of hydrogen-bond donors (Lipinski definition) is 2. The Kier molecular flexibility index (Phi) is 8.37. The maximum Gasteiger partial charge on any atom is 0.343 e. The second-order valence-electron chi connectivity index (χ2n) is 7.00. The number of nitrogens with zero attached hydrogens (tertiary/aromatic N) is 1. The summed E-state index contributed by atoms with van der Waals surface area (Å²) in [5.74, 6) is -1.78. The number of esters is 1. The highest BCUT2D eigenvalue weighted by molar-refractivity contribution is 6.39. The van der Waals surface area contributed by atoms with Crippen LogP contribution in [0.1, 0.15) is 28.4 Å². The first kappa shape index (κ1) is 24.5. The lowest BCUT2D eigenvalue weighted by molar-refractivity contribution is -0.136. The highest BCUT2D eigenvalue weighted by atomic mass is 35.5. The van der Waals surface area contributed by atoms with Crippen molar-refractivity contribution >= 4 is 41.3 Å². The summed E-state index contributed by atoms with van der Waals surface area (Å²) in [6, 6.07) is 18.2. The van der Waals surface area contributed by atoms with Crippen LogP contribution in [0.4, 0.5) is 5.69 Å².